The second-order valence-corrected chi connectivity index (χ2v) is 9.42. The molecule has 8 nitrogen and oxygen atoms in total. The quantitative estimate of drug-likeness (QED) is 0.204. The Morgan fingerprint density at radius 1 is 1.07 bits per heavy atom. The Bertz CT molecular complexity index is 1590. The van der Waals surface area contributed by atoms with Crippen LogP contribution in [0.25, 0.3) is 16.7 Å². The Labute approximate surface area is 238 Å². The van der Waals surface area contributed by atoms with Crippen LogP contribution in [-0.2, 0) is 9.59 Å². The van der Waals surface area contributed by atoms with E-state index in [1.807, 2.05) is 19.1 Å². The minimum absolute atomic E-state index is 0.0384. The smallest absolute Gasteiger partial charge is 0.274 e. The molecule has 0 aromatic heterocycles. The van der Waals surface area contributed by atoms with E-state index in [2.05, 4.69) is 22.5 Å². The number of rotatable bonds is 9. The first-order chi connectivity index (χ1) is 19.7. The van der Waals surface area contributed by atoms with Gasteiger partial charge in [0.1, 0.15) is 11.5 Å². The highest BCUT2D eigenvalue weighted by Gasteiger charge is 2.26. The van der Waals surface area contributed by atoms with Gasteiger partial charge in [0.2, 0.25) is 5.91 Å². The Balaban J connectivity index is 1.77. The molecule has 1 aliphatic heterocycles. The fourth-order valence-corrected chi connectivity index (χ4v) is 4.90. The van der Waals surface area contributed by atoms with E-state index in [1.165, 1.54) is 13.1 Å². The van der Waals surface area contributed by atoms with E-state index < -0.39 is 17.4 Å². The van der Waals surface area contributed by atoms with Crippen LogP contribution in [0, 0.1) is 11.2 Å². The van der Waals surface area contributed by atoms with Crippen molar-refractivity contribution in [1.29, 1.82) is 5.41 Å². The molecule has 1 fully saturated rings. The van der Waals surface area contributed by atoms with Gasteiger partial charge < -0.3 is 20.9 Å². The maximum Gasteiger partial charge on any atom is 0.274 e. The normalized spacial score (nSPS) is 13.1. The topological polar surface area (TPSA) is 114 Å². The number of hydrogen-bond donors (Lipinski definition) is 4. The van der Waals surface area contributed by atoms with Crippen LogP contribution in [0.15, 0.2) is 73.3 Å². The molecule has 0 aliphatic carbocycles. The third-order valence-corrected chi connectivity index (χ3v) is 7.02. The van der Waals surface area contributed by atoms with Gasteiger partial charge >= 0.3 is 0 Å². The molecule has 4 N–H and O–H groups in total. The summed E-state index contributed by atoms with van der Waals surface area (Å²) < 4.78 is 16.4. The monoisotopic (exact) mass is 553 g/mol. The van der Waals surface area contributed by atoms with Gasteiger partial charge in [0.05, 0.1) is 5.56 Å². The highest BCUT2D eigenvalue weighted by Crippen LogP contribution is 2.38. The molecule has 41 heavy (non-hydrogen) atoms. The molecule has 0 saturated carbocycles. The van der Waals surface area contributed by atoms with Gasteiger partial charge in [-0.25, -0.2) is 4.39 Å². The SMILES string of the molecule is C=C/C(=C\C)c1cc(N2CCCC2=O)ccc1-c1ccc(NC)c(C(=N)C(=O)Nc2cccc(C(=O)NC)c2)c1F. The molecular weight excluding hydrogens is 521 g/mol. The number of allylic oxidation sites excluding steroid dienone is 3. The Hall–Kier alpha value is -5.05. The minimum Gasteiger partial charge on any atom is -0.387 e. The Morgan fingerprint density at radius 3 is 2.46 bits per heavy atom. The summed E-state index contributed by atoms with van der Waals surface area (Å²) in [4.78, 5) is 39.2. The van der Waals surface area contributed by atoms with Crippen molar-refractivity contribution in [2.45, 2.75) is 19.8 Å². The van der Waals surface area contributed by atoms with Crippen molar-refractivity contribution in [1.82, 2.24) is 5.32 Å². The molecular formula is C32H32FN5O3. The average molecular weight is 554 g/mol. The predicted octanol–water partition coefficient (Wildman–Crippen LogP) is 5.62. The van der Waals surface area contributed by atoms with Crippen molar-refractivity contribution in [3.63, 3.8) is 0 Å². The number of halogens is 1. The molecule has 0 atom stereocenters. The lowest BCUT2D eigenvalue weighted by Gasteiger charge is -2.21. The third kappa shape index (κ3) is 5.79. The van der Waals surface area contributed by atoms with Crippen molar-refractivity contribution < 1.29 is 18.8 Å². The van der Waals surface area contributed by atoms with Crippen molar-refractivity contribution in [2.24, 2.45) is 0 Å². The zero-order valence-electron chi connectivity index (χ0n) is 23.2. The Kier molecular flexibility index (Phi) is 8.77. The van der Waals surface area contributed by atoms with Crippen molar-refractivity contribution in [3.8, 4) is 11.1 Å². The molecule has 0 bridgehead atoms. The number of amides is 3. The lowest BCUT2D eigenvalue weighted by molar-refractivity contribution is -0.117. The second kappa shape index (κ2) is 12.4. The van der Waals surface area contributed by atoms with Gasteiger partial charge in [-0.05, 0) is 72.5 Å². The summed E-state index contributed by atoms with van der Waals surface area (Å²) in [6.45, 7) is 6.36. The molecule has 1 aliphatic rings. The first-order valence-corrected chi connectivity index (χ1v) is 13.2. The molecule has 210 valence electrons. The van der Waals surface area contributed by atoms with Crippen LogP contribution in [-0.4, -0.2) is 44.1 Å². The van der Waals surface area contributed by atoms with E-state index in [1.54, 1.807) is 60.5 Å². The summed E-state index contributed by atoms with van der Waals surface area (Å²) in [5, 5.41) is 16.6. The lowest BCUT2D eigenvalue weighted by atomic mass is 9.90. The Morgan fingerprint density at radius 2 is 1.83 bits per heavy atom. The van der Waals surface area contributed by atoms with Gasteiger partial charge in [-0.2, -0.15) is 0 Å². The van der Waals surface area contributed by atoms with Gasteiger partial charge in [0.25, 0.3) is 11.8 Å². The van der Waals surface area contributed by atoms with Crippen LogP contribution in [0.3, 0.4) is 0 Å². The summed E-state index contributed by atoms with van der Waals surface area (Å²) in [5.74, 6) is -1.88. The second-order valence-electron chi connectivity index (χ2n) is 9.42. The van der Waals surface area contributed by atoms with E-state index in [-0.39, 0.29) is 28.6 Å². The summed E-state index contributed by atoms with van der Waals surface area (Å²) in [6, 6.07) is 14.8. The summed E-state index contributed by atoms with van der Waals surface area (Å²) in [6.07, 6.45) is 4.78. The third-order valence-electron chi connectivity index (χ3n) is 7.02. The fraction of sp³-hybridized carbons (Fsp3) is 0.188. The zero-order chi connectivity index (χ0) is 29.7. The molecule has 1 saturated heterocycles. The number of anilines is 3. The lowest BCUT2D eigenvalue weighted by Crippen LogP contribution is -2.25. The number of benzene rings is 3. The highest BCUT2D eigenvalue weighted by atomic mass is 19.1. The number of carbonyl (C=O) groups is 3. The van der Waals surface area contributed by atoms with E-state index in [0.29, 0.717) is 41.0 Å². The molecule has 0 spiro atoms. The van der Waals surface area contributed by atoms with Crippen LogP contribution in [0.5, 0.6) is 0 Å². The molecule has 0 radical (unpaired) electrons. The molecule has 3 aromatic carbocycles. The van der Waals surface area contributed by atoms with Gasteiger partial charge in [-0.3, -0.25) is 19.8 Å². The van der Waals surface area contributed by atoms with E-state index in [4.69, 9.17) is 5.41 Å². The van der Waals surface area contributed by atoms with E-state index >= 15 is 4.39 Å². The van der Waals surface area contributed by atoms with Crippen molar-refractivity contribution >= 4 is 46.1 Å². The molecule has 1 heterocycles. The van der Waals surface area contributed by atoms with Crippen LogP contribution < -0.4 is 20.9 Å². The predicted molar refractivity (Wildman–Crippen MR) is 162 cm³/mol. The van der Waals surface area contributed by atoms with Gasteiger partial charge in [0.15, 0.2) is 0 Å². The average Bonchev–Trinajstić information content (AvgIpc) is 3.42. The van der Waals surface area contributed by atoms with Crippen molar-refractivity contribution in [3.05, 3.63) is 95.8 Å². The van der Waals surface area contributed by atoms with E-state index in [0.717, 1.165) is 12.0 Å². The number of nitrogens with zero attached hydrogens (tertiary/aromatic N) is 1. The summed E-state index contributed by atoms with van der Waals surface area (Å²) >= 11 is 0. The molecule has 0 unspecified atom stereocenters. The first-order valence-electron chi connectivity index (χ1n) is 13.2. The first kappa shape index (κ1) is 28.9. The van der Waals surface area contributed by atoms with Gasteiger partial charge in [0, 0.05) is 55.2 Å². The minimum atomic E-state index is -0.838. The van der Waals surface area contributed by atoms with Gasteiger partial charge in [-0.1, -0.05) is 30.9 Å². The molecule has 3 aromatic rings. The maximum atomic E-state index is 16.4. The highest BCUT2D eigenvalue weighted by molar-refractivity contribution is 6.48. The number of carbonyl (C=O) groups excluding carboxylic acids is 3. The number of nitrogens with one attached hydrogen (secondary N) is 4. The molecule has 9 heteroatoms. The van der Waals surface area contributed by atoms with Crippen LogP contribution >= 0.6 is 0 Å². The van der Waals surface area contributed by atoms with E-state index in [9.17, 15) is 14.4 Å². The summed E-state index contributed by atoms with van der Waals surface area (Å²) in [7, 11) is 3.08. The largest absolute Gasteiger partial charge is 0.387 e. The maximum absolute atomic E-state index is 16.4. The van der Waals surface area contributed by atoms with Crippen LogP contribution in [0.1, 0.15) is 41.3 Å². The van der Waals surface area contributed by atoms with Crippen molar-refractivity contribution in [2.75, 3.05) is 36.2 Å². The van der Waals surface area contributed by atoms with Crippen LogP contribution in [0.2, 0.25) is 0 Å². The van der Waals surface area contributed by atoms with Gasteiger partial charge in [-0.15, -0.1) is 0 Å². The standard InChI is InChI=1S/C32H32FN5O3/c1-5-19(6-2)25-18-22(38-16-8-11-27(38)39)12-13-23(25)24-14-15-26(35-3)28(29(24)33)30(34)32(41)37-21-10-7-9-20(17-21)31(40)36-4/h5-7,9-10,12-15,17-18,34-35H,1,8,11,16H2,2-4H3,(H,36,40)(H,37,41)/b19-6+,34-30?. The summed E-state index contributed by atoms with van der Waals surface area (Å²) in [5.41, 5.74) is 2.95. The number of hydrogen-bond acceptors (Lipinski definition) is 5. The van der Waals surface area contributed by atoms with Crippen LogP contribution in [0.4, 0.5) is 21.5 Å². The molecule has 3 amide bonds. The fourth-order valence-electron chi connectivity index (χ4n) is 4.90. The zero-order valence-corrected chi connectivity index (χ0v) is 23.2. The molecule has 4 rings (SSSR count).